The van der Waals surface area contributed by atoms with Gasteiger partial charge in [0, 0.05) is 23.7 Å². The van der Waals surface area contributed by atoms with Crippen LogP contribution in [-0.4, -0.2) is 24.0 Å². The lowest BCUT2D eigenvalue weighted by Gasteiger charge is -2.24. The molecule has 2 aromatic rings. The summed E-state index contributed by atoms with van der Waals surface area (Å²) in [7, 11) is 0. The number of carbonyl (C=O) groups excluding carboxylic acids is 1. The lowest BCUT2D eigenvalue weighted by atomic mass is 9.87. The Morgan fingerprint density at radius 3 is 2.90 bits per heavy atom. The van der Waals surface area contributed by atoms with E-state index in [0.29, 0.717) is 18.7 Å². The highest BCUT2D eigenvalue weighted by Crippen LogP contribution is 2.21. The van der Waals surface area contributed by atoms with E-state index in [1.807, 2.05) is 30.3 Å². The average Bonchev–Trinajstić information content (AvgIpc) is 2.50. The molecule has 0 aliphatic carbocycles. The van der Waals surface area contributed by atoms with Crippen LogP contribution in [0.1, 0.15) is 37.0 Å². The van der Waals surface area contributed by atoms with Crippen LogP contribution >= 0.6 is 0 Å². The van der Waals surface area contributed by atoms with E-state index in [1.54, 1.807) is 6.20 Å². The van der Waals surface area contributed by atoms with Crippen molar-refractivity contribution in [3.05, 3.63) is 42.1 Å². The lowest BCUT2D eigenvalue weighted by molar-refractivity contribution is 0.0934. The number of nitrogens with zero attached hydrogens (tertiary/aromatic N) is 1. The molecule has 0 aliphatic rings. The number of nitrogens with two attached hydrogens (primary N) is 1. The summed E-state index contributed by atoms with van der Waals surface area (Å²) in [4.78, 5) is 16.5. The highest BCUT2D eigenvalue weighted by molar-refractivity contribution is 5.97. The monoisotopic (exact) mass is 285 g/mol. The number of carbonyl (C=O) groups is 1. The molecule has 0 saturated carbocycles. The number of rotatable bonds is 6. The average molecular weight is 285 g/mol. The third-order valence-corrected chi connectivity index (χ3v) is 3.65. The SMILES string of the molecule is CC(C)(CCCN)CNC(=O)c1ccc2ncccc2c1. The van der Waals surface area contributed by atoms with E-state index in [1.165, 1.54) is 0 Å². The highest BCUT2D eigenvalue weighted by Gasteiger charge is 2.18. The van der Waals surface area contributed by atoms with E-state index < -0.39 is 0 Å². The molecule has 4 nitrogen and oxygen atoms in total. The first-order chi connectivity index (χ1) is 10.0. The summed E-state index contributed by atoms with van der Waals surface area (Å²) < 4.78 is 0. The molecule has 1 amide bonds. The Labute approximate surface area is 125 Å². The third kappa shape index (κ3) is 4.26. The minimum Gasteiger partial charge on any atom is -0.352 e. The molecular formula is C17H23N3O. The molecule has 1 aromatic carbocycles. The Bertz CT molecular complexity index is 622. The molecule has 112 valence electrons. The largest absolute Gasteiger partial charge is 0.352 e. The van der Waals surface area contributed by atoms with Crippen molar-refractivity contribution in [3.63, 3.8) is 0 Å². The summed E-state index contributed by atoms with van der Waals surface area (Å²) in [5.41, 5.74) is 7.18. The summed E-state index contributed by atoms with van der Waals surface area (Å²) in [5.74, 6) is -0.0402. The van der Waals surface area contributed by atoms with Crippen LogP contribution in [0.2, 0.25) is 0 Å². The van der Waals surface area contributed by atoms with Gasteiger partial charge in [-0.3, -0.25) is 9.78 Å². The van der Waals surface area contributed by atoms with Gasteiger partial charge < -0.3 is 11.1 Å². The van der Waals surface area contributed by atoms with E-state index in [-0.39, 0.29) is 11.3 Å². The second kappa shape index (κ2) is 6.68. The van der Waals surface area contributed by atoms with Gasteiger partial charge in [0.05, 0.1) is 5.52 Å². The number of pyridine rings is 1. The summed E-state index contributed by atoms with van der Waals surface area (Å²) in [6.07, 6.45) is 3.73. The number of aromatic nitrogens is 1. The smallest absolute Gasteiger partial charge is 0.251 e. The lowest BCUT2D eigenvalue weighted by Crippen LogP contribution is -2.34. The molecule has 0 saturated heterocycles. The summed E-state index contributed by atoms with van der Waals surface area (Å²) >= 11 is 0. The predicted octanol–water partition coefficient (Wildman–Crippen LogP) is 2.73. The van der Waals surface area contributed by atoms with Crippen molar-refractivity contribution in [3.8, 4) is 0 Å². The van der Waals surface area contributed by atoms with Crippen LogP contribution in [0.3, 0.4) is 0 Å². The van der Waals surface area contributed by atoms with Crippen LogP contribution in [0.4, 0.5) is 0 Å². The Balaban J connectivity index is 2.02. The zero-order valence-electron chi connectivity index (χ0n) is 12.7. The molecule has 0 spiro atoms. The molecule has 2 rings (SSSR count). The third-order valence-electron chi connectivity index (χ3n) is 3.65. The summed E-state index contributed by atoms with van der Waals surface area (Å²) in [5, 5.41) is 3.99. The van der Waals surface area contributed by atoms with Gasteiger partial charge in [-0.15, -0.1) is 0 Å². The summed E-state index contributed by atoms with van der Waals surface area (Å²) in [6.45, 7) is 5.63. The topological polar surface area (TPSA) is 68.0 Å². The quantitative estimate of drug-likeness (QED) is 0.857. The second-order valence-corrected chi connectivity index (χ2v) is 6.15. The van der Waals surface area contributed by atoms with E-state index in [2.05, 4.69) is 24.1 Å². The molecule has 21 heavy (non-hydrogen) atoms. The molecule has 0 fully saturated rings. The maximum absolute atomic E-state index is 12.3. The van der Waals surface area contributed by atoms with Crippen LogP contribution in [0.5, 0.6) is 0 Å². The van der Waals surface area contributed by atoms with Gasteiger partial charge in [0.15, 0.2) is 0 Å². The van der Waals surface area contributed by atoms with Crippen molar-refractivity contribution in [2.45, 2.75) is 26.7 Å². The first-order valence-electron chi connectivity index (χ1n) is 7.35. The van der Waals surface area contributed by atoms with Gasteiger partial charge in [-0.2, -0.15) is 0 Å². The molecular weight excluding hydrogens is 262 g/mol. The fraction of sp³-hybridized carbons (Fsp3) is 0.412. The van der Waals surface area contributed by atoms with Gasteiger partial charge in [0.1, 0.15) is 0 Å². The van der Waals surface area contributed by atoms with Gasteiger partial charge in [-0.25, -0.2) is 0 Å². The Morgan fingerprint density at radius 1 is 1.33 bits per heavy atom. The Morgan fingerprint density at radius 2 is 2.14 bits per heavy atom. The normalized spacial score (nSPS) is 11.6. The predicted molar refractivity (Wildman–Crippen MR) is 86.1 cm³/mol. The van der Waals surface area contributed by atoms with Crippen molar-refractivity contribution >= 4 is 16.8 Å². The van der Waals surface area contributed by atoms with Gasteiger partial charge in [0.2, 0.25) is 0 Å². The molecule has 0 atom stereocenters. The van der Waals surface area contributed by atoms with Crippen molar-refractivity contribution in [2.75, 3.05) is 13.1 Å². The minimum atomic E-state index is -0.0402. The van der Waals surface area contributed by atoms with Crippen LogP contribution in [0, 0.1) is 5.41 Å². The zero-order chi connectivity index (χ0) is 15.3. The number of hydrogen-bond donors (Lipinski definition) is 2. The van der Waals surface area contributed by atoms with Gasteiger partial charge >= 0.3 is 0 Å². The van der Waals surface area contributed by atoms with E-state index in [9.17, 15) is 4.79 Å². The number of fused-ring (bicyclic) bond motifs is 1. The molecule has 1 heterocycles. The van der Waals surface area contributed by atoms with Crippen molar-refractivity contribution in [1.29, 1.82) is 0 Å². The zero-order valence-corrected chi connectivity index (χ0v) is 12.7. The fourth-order valence-electron chi connectivity index (χ4n) is 2.31. The number of amides is 1. The fourth-order valence-corrected chi connectivity index (χ4v) is 2.31. The maximum Gasteiger partial charge on any atom is 0.251 e. The molecule has 0 unspecified atom stereocenters. The molecule has 3 N–H and O–H groups in total. The molecule has 0 radical (unpaired) electrons. The highest BCUT2D eigenvalue weighted by atomic mass is 16.1. The van der Waals surface area contributed by atoms with Crippen LogP contribution in [0.25, 0.3) is 10.9 Å². The molecule has 4 heteroatoms. The van der Waals surface area contributed by atoms with E-state index in [4.69, 9.17) is 5.73 Å². The van der Waals surface area contributed by atoms with Crippen molar-refractivity contribution < 1.29 is 4.79 Å². The number of nitrogens with one attached hydrogen (secondary N) is 1. The van der Waals surface area contributed by atoms with Crippen LogP contribution < -0.4 is 11.1 Å². The van der Waals surface area contributed by atoms with Crippen molar-refractivity contribution in [2.24, 2.45) is 11.1 Å². The number of benzene rings is 1. The van der Waals surface area contributed by atoms with E-state index >= 15 is 0 Å². The first-order valence-corrected chi connectivity index (χ1v) is 7.35. The minimum absolute atomic E-state index is 0.0402. The van der Waals surface area contributed by atoms with Crippen LogP contribution in [0.15, 0.2) is 36.5 Å². The second-order valence-electron chi connectivity index (χ2n) is 6.15. The molecule has 1 aromatic heterocycles. The molecule has 0 bridgehead atoms. The maximum atomic E-state index is 12.3. The number of hydrogen-bond acceptors (Lipinski definition) is 3. The van der Waals surface area contributed by atoms with Crippen LogP contribution in [-0.2, 0) is 0 Å². The Kier molecular flexibility index (Phi) is 4.91. The van der Waals surface area contributed by atoms with E-state index in [0.717, 1.165) is 23.7 Å². The summed E-state index contributed by atoms with van der Waals surface area (Å²) in [6, 6.07) is 9.41. The van der Waals surface area contributed by atoms with Gasteiger partial charge in [-0.1, -0.05) is 19.9 Å². The van der Waals surface area contributed by atoms with Crippen molar-refractivity contribution in [1.82, 2.24) is 10.3 Å². The Hall–Kier alpha value is -1.94. The standard InChI is InChI=1S/C17H23N3O/c1-17(2,8-4-9-18)12-20-16(21)14-6-7-15-13(11-14)5-3-10-19-15/h3,5-7,10-11H,4,8-9,12,18H2,1-2H3,(H,20,21). The molecule has 0 aliphatic heterocycles. The van der Waals surface area contributed by atoms with Gasteiger partial charge in [-0.05, 0) is 49.1 Å². The van der Waals surface area contributed by atoms with Gasteiger partial charge in [0.25, 0.3) is 5.91 Å². The first kappa shape index (κ1) is 15.4.